The summed E-state index contributed by atoms with van der Waals surface area (Å²) in [6.45, 7) is 2.18. The first kappa shape index (κ1) is 16.1. The van der Waals surface area contributed by atoms with Gasteiger partial charge in [-0.05, 0) is 35.4 Å². The Morgan fingerprint density at radius 2 is 1.26 bits per heavy atom. The normalized spacial score (nSPS) is 11.5. The molecule has 0 aliphatic carbocycles. The third kappa shape index (κ3) is 4.00. The number of hydrogen-bond donors (Lipinski definition) is 1. The number of hydrogen-bond acceptors (Lipinski definition) is 2. The van der Waals surface area contributed by atoms with Crippen LogP contribution in [0.15, 0.2) is 48.5 Å². The zero-order chi connectivity index (χ0) is 13.1. The van der Waals surface area contributed by atoms with Gasteiger partial charge in [0.05, 0.1) is 0 Å². The van der Waals surface area contributed by atoms with E-state index in [2.05, 4.69) is 36.1 Å². The molecule has 1 atom stereocenters. The Bertz CT molecular complexity index is 505. The molecule has 0 saturated carbocycles. The van der Waals surface area contributed by atoms with Crippen LogP contribution in [0.5, 0.6) is 5.75 Å². The molecule has 0 fully saturated rings. The van der Waals surface area contributed by atoms with E-state index in [4.69, 9.17) is 0 Å². The Balaban J connectivity index is 0.00000180. The van der Waals surface area contributed by atoms with E-state index < -0.39 is 0 Å². The molecule has 2 aromatic rings. The fourth-order valence-corrected chi connectivity index (χ4v) is 2.02. The molecule has 19 heavy (non-hydrogen) atoms. The molecule has 0 aliphatic heterocycles. The van der Waals surface area contributed by atoms with Crippen LogP contribution in [-0.2, 0) is 0 Å². The van der Waals surface area contributed by atoms with Crippen molar-refractivity contribution in [2.75, 3.05) is 19.0 Å². The first-order chi connectivity index (χ1) is 8.58. The Labute approximate surface area is 137 Å². The summed E-state index contributed by atoms with van der Waals surface area (Å²) in [5, 5.41) is 9.30. The van der Waals surface area contributed by atoms with Crippen LogP contribution < -0.4 is 4.90 Å². The monoisotopic (exact) mass is 265 g/mol. The summed E-state index contributed by atoms with van der Waals surface area (Å²) in [7, 11) is 4.08. The Kier molecular flexibility index (Phi) is 5.92. The average Bonchev–Trinajstić information content (AvgIpc) is 2.39. The topological polar surface area (TPSA) is 23.5 Å². The molecule has 96 valence electrons. The van der Waals surface area contributed by atoms with Gasteiger partial charge in [0, 0.05) is 25.7 Å². The molecule has 0 radical (unpaired) electrons. The quantitative estimate of drug-likeness (QED) is 0.862. The van der Waals surface area contributed by atoms with Crippen molar-refractivity contribution in [3.8, 4) is 5.75 Å². The molecule has 0 aromatic heterocycles. The number of nitrogens with zero attached hydrogens (tertiary/aromatic N) is 1. The molecule has 0 heterocycles. The Morgan fingerprint density at radius 3 is 1.68 bits per heavy atom. The minimum atomic E-state index is 0. The molecular weight excluding hydrogens is 245 g/mol. The van der Waals surface area contributed by atoms with Crippen LogP contribution in [-0.4, -0.2) is 48.8 Å². The summed E-state index contributed by atoms with van der Waals surface area (Å²) in [4.78, 5) is 2.09. The van der Waals surface area contributed by atoms with E-state index in [1.807, 2.05) is 26.2 Å². The van der Waals surface area contributed by atoms with E-state index in [1.165, 1.54) is 16.8 Å². The van der Waals surface area contributed by atoms with Crippen LogP contribution in [0.25, 0.3) is 0 Å². The van der Waals surface area contributed by atoms with Gasteiger partial charge in [-0.15, -0.1) is 0 Å². The van der Waals surface area contributed by atoms with E-state index in [1.54, 1.807) is 12.1 Å². The van der Waals surface area contributed by atoms with Crippen molar-refractivity contribution in [1.29, 1.82) is 0 Å². The van der Waals surface area contributed by atoms with Gasteiger partial charge >= 0.3 is 29.6 Å². The molecule has 0 saturated heterocycles. The summed E-state index contributed by atoms with van der Waals surface area (Å²) in [6, 6.07) is 16.0. The molecular formula is C16H20NNaO. The molecule has 0 amide bonds. The Morgan fingerprint density at radius 1 is 0.842 bits per heavy atom. The summed E-state index contributed by atoms with van der Waals surface area (Å²) in [5.74, 6) is 0.649. The average molecular weight is 265 g/mol. The van der Waals surface area contributed by atoms with Crippen molar-refractivity contribution in [2.45, 2.75) is 12.8 Å². The molecule has 0 spiro atoms. The van der Waals surface area contributed by atoms with Gasteiger partial charge in [0.1, 0.15) is 5.75 Å². The molecule has 2 rings (SSSR count). The number of rotatable bonds is 3. The maximum atomic E-state index is 9.30. The second kappa shape index (κ2) is 6.99. The second-order valence-corrected chi connectivity index (χ2v) is 4.80. The standard InChI is InChI=1S/C16H19NO.Na.H/c1-12(14-6-10-16(18)11-7-14)13-4-8-15(9-5-13)17(2)3;;/h4-12,18H,1-3H3;;. The number of aromatic hydroxyl groups is 1. The minimum absolute atomic E-state index is 0. The van der Waals surface area contributed by atoms with E-state index in [9.17, 15) is 5.11 Å². The third-order valence-electron chi connectivity index (χ3n) is 3.30. The maximum absolute atomic E-state index is 9.30. The molecule has 0 aliphatic rings. The fraction of sp³-hybridized carbons (Fsp3) is 0.250. The van der Waals surface area contributed by atoms with Gasteiger partial charge in [-0.3, -0.25) is 0 Å². The van der Waals surface area contributed by atoms with Gasteiger partial charge in [-0.1, -0.05) is 31.2 Å². The van der Waals surface area contributed by atoms with Gasteiger partial charge in [0.25, 0.3) is 0 Å². The number of benzene rings is 2. The van der Waals surface area contributed by atoms with Crippen molar-refractivity contribution < 1.29 is 5.11 Å². The number of phenols is 1. The van der Waals surface area contributed by atoms with Crippen molar-refractivity contribution in [3.63, 3.8) is 0 Å². The van der Waals surface area contributed by atoms with E-state index in [-0.39, 0.29) is 29.6 Å². The van der Waals surface area contributed by atoms with Crippen molar-refractivity contribution in [1.82, 2.24) is 0 Å². The molecule has 3 heteroatoms. The van der Waals surface area contributed by atoms with E-state index >= 15 is 0 Å². The van der Waals surface area contributed by atoms with Crippen molar-refractivity contribution >= 4 is 35.2 Å². The second-order valence-electron chi connectivity index (χ2n) is 4.80. The van der Waals surface area contributed by atoms with Gasteiger partial charge in [0.15, 0.2) is 0 Å². The first-order valence-electron chi connectivity index (χ1n) is 6.14. The molecule has 1 unspecified atom stereocenters. The summed E-state index contributed by atoms with van der Waals surface area (Å²) in [5.41, 5.74) is 3.70. The Hall–Kier alpha value is -0.960. The van der Waals surface area contributed by atoms with E-state index in [0.29, 0.717) is 11.7 Å². The van der Waals surface area contributed by atoms with Gasteiger partial charge in [-0.25, -0.2) is 0 Å². The molecule has 1 N–H and O–H groups in total. The third-order valence-corrected chi connectivity index (χ3v) is 3.30. The van der Waals surface area contributed by atoms with Crippen LogP contribution in [0, 0.1) is 0 Å². The summed E-state index contributed by atoms with van der Waals surface area (Å²) in [6.07, 6.45) is 0. The molecule has 0 bridgehead atoms. The zero-order valence-corrected chi connectivity index (χ0v) is 11.1. The first-order valence-corrected chi connectivity index (χ1v) is 6.14. The van der Waals surface area contributed by atoms with Gasteiger partial charge < -0.3 is 10.0 Å². The SMILES string of the molecule is CC(c1ccc(O)cc1)c1ccc(N(C)C)cc1.[NaH]. The van der Waals surface area contributed by atoms with Crippen LogP contribution in [0.1, 0.15) is 24.0 Å². The van der Waals surface area contributed by atoms with Crippen LogP contribution in [0.3, 0.4) is 0 Å². The molecule has 2 nitrogen and oxygen atoms in total. The zero-order valence-electron chi connectivity index (χ0n) is 11.1. The molecule has 2 aromatic carbocycles. The van der Waals surface area contributed by atoms with Crippen molar-refractivity contribution in [3.05, 3.63) is 59.7 Å². The van der Waals surface area contributed by atoms with Gasteiger partial charge in [0.2, 0.25) is 0 Å². The predicted molar refractivity (Wildman–Crippen MR) is 83.5 cm³/mol. The summed E-state index contributed by atoms with van der Waals surface area (Å²) >= 11 is 0. The summed E-state index contributed by atoms with van der Waals surface area (Å²) < 4.78 is 0. The van der Waals surface area contributed by atoms with Crippen LogP contribution in [0.4, 0.5) is 5.69 Å². The number of phenolic OH excluding ortho intramolecular Hbond substituents is 1. The number of anilines is 1. The predicted octanol–water partition coefficient (Wildman–Crippen LogP) is 2.96. The van der Waals surface area contributed by atoms with Gasteiger partial charge in [-0.2, -0.15) is 0 Å². The van der Waals surface area contributed by atoms with Crippen LogP contribution >= 0.6 is 0 Å². The van der Waals surface area contributed by atoms with E-state index in [0.717, 1.165) is 0 Å². The van der Waals surface area contributed by atoms with Crippen molar-refractivity contribution in [2.24, 2.45) is 0 Å². The fourth-order valence-electron chi connectivity index (χ4n) is 2.02. The van der Waals surface area contributed by atoms with Crippen LogP contribution in [0.2, 0.25) is 0 Å².